The van der Waals surface area contributed by atoms with Crippen LogP contribution in [0.5, 0.6) is 0 Å². The summed E-state index contributed by atoms with van der Waals surface area (Å²) in [5.74, 6) is 0.139. The number of hydrogen-bond donors (Lipinski definition) is 0. The van der Waals surface area contributed by atoms with Crippen molar-refractivity contribution in [3.8, 4) is 0 Å². The second-order valence-electron chi connectivity index (χ2n) is 6.49. The molecule has 0 aromatic heterocycles. The molecular weight excluding hydrogens is 242 g/mol. The van der Waals surface area contributed by atoms with E-state index in [1.165, 1.54) is 4.90 Å². The molecule has 110 valence electrons. The first-order chi connectivity index (χ1) is 8.76. The molecule has 4 heteroatoms. The lowest BCUT2D eigenvalue weighted by Gasteiger charge is -2.28. The van der Waals surface area contributed by atoms with E-state index in [1.807, 2.05) is 27.7 Å². The number of carbonyl (C=O) groups excluding carboxylic acids is 2. The summed E-state index contributed by atoms with van der Waals surface area (Å²) in [5.41, 5.74) is -0.558. The predicted octanol–water partition coefficient (Wildman–Crippen LogP) is 3.74. The van der Waals surface area contributed by atoms with Crippen molar-refractivity contribution in [1.29, 1.82) is 0 Å². The minimum absolute atomic E-state index is 0.00824. The Balaban J connectivity index is 2.70. The topological polar surface area (TPSA) is 46.6 Å². The van der Waals surface area contributed by atoms with E-state index < -0.39 is 11.7 Å². The van der Waals surface area contributed by atoms with Gasteiger partial charge in [-0.1, -0.05) is 33.1 Å². The average molecular weight is 269 g/mol. The normalized spacial score (nSPS) is 23.8. The minimum atomic E-state index is -0.558. The molecule has 0 aromatic rings. The van der Waals surface area contributed by atoms with Gasteiger partial charge in [-0.2, -0.15) is 0 Å². The van der Waals surface area contributed by atoms with Gasteiger partial charge in [-0.15, -0.1) is 0 Å². The van der Waals surface area contributed by atoms with Gasteiger partial charge >= 0.3 is 6.09 Å². The molecule has 1 aliphatic rings. The van der Waals surface area contributed by atoms with E-state index in [-0.39, 0.29) is 17.9 Å². The number of ether oxygens (including phenoxy) is 1. The molecular formula is C15H27NO3. The maximum absolute atomic E-state index is 12.1. The molecule has 2 amide bonds. The molecule has 0 saturated carbocycles. The molecule has 1 rings (SSSR count). The van der Waals surface area contributed by atoms with Gasteiger partial charge in [0, 0.05) is 12.5 Å². The molecule has 2 atom stereocenters. The third kappa shape index (κ3) is 4.51. The van der Waals surface area contributed by atoms with Crippen molar-refractivity contribution < 1.29 is 14.3 Å². The molecule has 1 heterocycles. The van der Waals surface area contributed by atoms with Crippen molar-refractivity contribution in [2.75, 3.05) is 0 Å². The second-order valence-corrected chi connectivity index (χ2v) is 6.49. The summed E-state index contributed by atoms with van der Waals surface area (Å²) in [6, 6.07) is 0.00824. The average Bonchev–Trinajstić information content (AvgIpc) is 2.51. The van der Waals surface area contributed by atoms with Crippen molar-refractivity contribution in [2.45, 2.75) is 78.4 Å². The van der Waals surface area contributed by atoms with E-state index in [1.54, 1.807) is 0 Å². The summed E-state index contributed by atoms with van der Waals surface area (Å²) in [6.45, 7) is 9.65. The zero-order valence-corrected chi connectivity index (χ0v) is 12.9. The number of unbranched alkanes of at least 4 members (excludes halogenated alkanes) is 2. The molecule has 0 aromatic carbocycles. The molecule has 0 bridgehead atoms. The standard InChI is InChI=1S/C15H27NO3/c1-6-7-8-9-12-11(2)10-13(17)16(12)14(18)19-15(3,4)5/h11-12H,6-10H2,1-5H3. The van der Waals surface area contributed by atoms with Crippen LogP contribution in [0.2, 0.25) is 0 Å². The van der Waals surface area contributed by atoms with Gasteiger partial charge in [-0.3, -0.25) is 4.79 Å². The number of rotatable bonds is 4. The second kappa shape index (κ2) is 6.40. The fourth-order valence-corrected chi connectivity index (χ4v) is 2.51. The van der Waals surface area contributed by atoms with Crippen LogP contribution in [0, 0.1) is 5.92 Å². The van der Waals surface area contributed by atoms with Gasteiger partial charge in [0.2, 0.25) is 5.91 Å². The summed E-state index contributed by atoms with van der Waals surface area (Å²) in [7, 11) is 0. The van der Waals surface area contributed by atoms with Crippen LogP contribution in [0.4, 0.5) is 4.79 Å². The molecule has 0 aliphatic carbocycles. The third-order valence-corrected chi connectivity index (χ3v) is 3.45. The number of hydrogen-bond acceptors (Lipinski definition) is 3. The van der Waals surface area contributed by atoms with Gasteiger partial charge in [0.1, 0.15) is 5.60 Å². The Bertz CT molecular complexity index is 333. The molecule has 2 unspecified atom stereocenters. The lowest BCUT2D eigenvalue weighted by molar-refractivity contribution is -0.128. The first-order valence-corrected chi connectivity index (χ1v) is 7.31. The molecule has 19 heavy (non-hydrogen) atoms. The predicted molar refractivity (Wildman–Crippen MR) is 74.8 cm³/mol. The van der Waals surface area contributed by atoms with E-state index >= 15 is 0 Å². The first-order valence-electron chi connectivity index (χ1n) is 7.31. The SMILES string of the molecule is CCCCCC1C(C)CC(=O)N1C(=O)OC(C)(C)C. The summed E-state index contributed by atoms with van der Waals surface area (Å²) < 4.78 is 5.34. The highest BCUT2D eigenvalue weighted by molar-refractivity contribution is 5.94. The molecule has 0 spiro atoms. The van der Waals surface area contributed by atoms with Crippen molar-refractivity contribution in [3.05, 3.63) is 0 Å². The molecule has 0 radical (unpaired) electrons. The van der Waals surface area contributed by atoms with Gasteiger partial charge < -0.3 is 4.74 Å². The van der Waals surface area contributed by atoms with Crippen LogP contribution in [-0.2, 0) is 9.53 Å². The van der Waals surface area contributed by atoms with Crippen LogP contribution in [0.15, 0.2) is 0 Å². The van der Waals surface area contributed by atoms with Crippen LogP contribution in [0.25, 0.3) is 0 Å². The Morgan fingerprint density at radius 1 is 1.37 bits per heavy atom. The number of carbonyl (C=O) groups is 2. The van der Waals surface area contributed by atoms with E-state index in [9.17, 15) is 9.59 Å². The molecule has 0 N–H and O–H groups in total. The molecule has 1 fully saturated rings. The maximum Gasteiger partial charge on any atom is 0.417 e. The summed E-state index contributed by atoms with van der Waals surface area (Å²) >= 11 is 0. The number of imide groups is 1. The number of amides is 2. The van der Waals surface area contributed by atoms with E-state index in [0.29, 0.717) is 6.42 Å². The Kier molecular flexibility index (Phi) is 5.39. The van der Waals surface area contributed by atoms with Crippen molar-refractivity contribution in [2.24, 2.45) is 5.92 Å². The van der Waals surface area contributed by atoms with Gasteiger partial charge in [-0.25, -0.2) is 9.69 Å². The molecule has 4 nitrogen and oxygen atoms in total. The van der Waals surface area contributed by atoms with Crippen LogP contribution in [0.3, 0.4) is 0 Å². The van der Waals surface area contributed by atoms with Crippen LogP contribution >= 0.6 is 0 Å². The maximum atomic E-state index is 12.1. The van der Waals surface area contributed by atoms with Crippen molar-refractivity contribution in [1.82, 2.24) is 4.90 Å². The zero-order chi connectivity index (χ0) is 14.6. The fraction of sp³-hybridized carbons (Fsp3) is 0.867. The number of likely N-dealkylation sites (tertiary alicyclic amines) is 1. The Labute approximate surface area is 116 Å². The quantitative estimate of drug-likeness (QED) is 0.730. The summed E-state index contributed by atoms with van der Waals surface area (Å²) in [6.07, 6.45) is 4.19. The molecule has 1 aliphatic heterocycles. The smallest absolute Gasteiger partial charge is 0.417 e. The van der Waals surface area contributed by atoms with Crippen molar-refractivity contribution >= 4 is 12.0 Å². The van der Waals surface area contributed by atoms with Crippen LogP contribution in [0.1, 0.15) is 66.7 Å². The number of nitrogens with zero attached hydrogens (tertiary/aromatic N) is 1. The molecule has 1 saturated heterocycles. The zero-order valence-electron chi connectivity index (χ0n) is 12.9. The first kappa shape index (κ1) is 16.0. The van der Waals surface area contributed by atoms with Crippen LogP contribution in [-0.4, -0.2) is 28.5 Å². The Morgan fingerprint density at radius 2 is 2.00 bits per heavy atom. The van der Waals surface area contributed by atoms with E-state index in [2.05, 4.69) is 6.92 Å². The fourth-order valence-electron chi connectivity index (χ4n) is 2.51. The third-order valence-electron chi connectivity index (χ3n) is 3.45. The van der Waals surface area contributed by atoms with Gasteiger partial charge in [0.05, 0.1) is 0 Å². The summed E-state index contributed by atoms with van der Waals surface area (Å²) in [5, 5.41) is 0. The van der Waals surface area contributed by atoms with Gasteiger partial charge in [-0.05, 0) is 33.1 Å². The monoisotopic (exact) mass is 269 g/mol. The minimum Gasteiger partial charge on any atom is -0.443 e. The Morgan fingerprint density at radius 3 is 2.53 bits per heavy atom. The van der Waals surface area contributed by atoms with Crippen molar-refractivity contribution in [3.63, 3.8) is 0 Å². The van der Waals surface area contributed by atoms with E-state index in [4.69, 9.17) is 4.74 Å². The Hall–Kier alpha value is -1.06. The lowest BCUT2D eigenvalue weighted by Crippen LogP contribution is -2.43. The van der Waals surface area contributed by atoms with Gasteiger partial charge in [0.15, 0.2) is 0 Å². The highest BCUT2D eigenvalue weighted by atomic mass is 16.6. The van der Waals surface area contributed by atoms with Gasteiger partial charge in [0.25, 0.3) is 0 Å². The largest absolute Gasteiger partial charge is 0.443 e. The summed E-state index contributed by atoms with van der Waals surface area (Å²) in [4.78, 5) is 25.5. The van der Waals surface area contributed by atoms with E-state index in [0.717, 1.165) is 25.7 Å². The lowest BCUT2D eigenvalue weighted by atomic mass is 9.97. The highest BCUT2D eigenvalue weighted by Gasteiger charge is 2.42. The van der Waals surface area contributed by atoms with Crippen LogP contribution < -0.4 is 0 Å². The highest BCUT2D eigenvalue weighted by Crippen LogP contribution is 2.30.